The Labute approximate surface area is 204 Å². The number of anilines is 2. The average Bonchev–Trinajstić information content (AvgIpc) is 3.20. The van der Waals surface area contributed by atoms with Crippen molar-refractivity contribution in [1.29, 1.82) is 0 Å². The molecule has 0 bridgehead atoms. The van der Waals surface area contributed by atoms with Crippen molar-refractivity contribution in [2.24, 2.45) is 4.99 Å². The zero-order chi connectivity index (χ0) is 21.5. The molecule has 31 heavy (non-hydrogen) atoms. The second-order valence-corrected chi connectivity index (χ2v) is 8.41. The molecule has 0 atom stereocenters. The minimum absolute atomic E-state index is 0. The number of aliphatic imine (C=N–C) groups is 1. The van der Waals surface area contributed by atoms with Gasteiger partial charge in [-0.25, -0.2) is 14.4 Å². The topological polar surface area (TPSA) is 76.0 Å². The summed E-state index contributed by atoms with van der Waals surface area (Å²) in [5, 5.41) is 19.1. The van der Waals surface area contributed by atoms with Crippen LogP contribution in [-0.2, 0) is 13.1 Å². The van der Waals surface area contributed by atoms with Crippen LogP contribution in [0.3, 0.4) is 0 Å². The molecule has 3 rings (SSSR count). The van der Waals surface area contributed by atoms with E-state index in [-0.39, 0.29) is 35.9 Å². The summed E-state index contributed by atoms with van der Waals surface area (Å²) < 4.78 is 14.6. The maximum absolute atomic E-state index is 14.6. The van der Waals surface area contributed by atoms with Gasteiger partial charge in [-0.2, -0.15) is 0 Å². The smallest absolute Gasteiger partial charge is 0.191 e. The second kappa shape index (κ2) is 12.4. The van der Waals surface area contributed by atoms with E-state index < -0.39 is 0 Å². The number of hydrogen-bond donors (Lipinski definition) is 3. The van der Waals surface area contributed by atoms with Crippen LogP contribution in [0.15, 0.2) is 28.6 Å². The normalized spacial score (nSPS) is 14.9. The first kappa shape index (κ1) is 25.6. The number of piperidine rings is 1. The zero-order valence-corrected chi connectivity index (χ0v) is 21.4. The molecule has 3 N–H and O–H groups in total. The maximum atomic E-state index is 14.6. The lowest BCUT2D eigenvalue weighted by Crippen LogP contribution is -2.37. The van der Waals surface area contributed by atoms with Gasteiger partial charge in [0.05, 0.1) is 30.6 Å². The largest absolute Gasteiger partial charge is 0.393 e. The summed E-state index contributed by atoms with van der Waals surface area (Å²) in [4.78, 5) is 13.1. The van der Waals surface area contributed by atoms with E-state index in [2.05, 4.69) is 20.6 Å². The van der Waals surface area contributed by atoms with Gasteiger partial charge in [-0.1, -0.05) is 6.07 Å². The van der Waals surface area contributed by atoms with Crippen molar-refractivity contribution < 1.29 is 9.50 Å². The Balaban J connectivity index is 0.00000341. The number of aliphatic hydroxyl groups is 1. The first-order valence-corrected chi connectivity index (χ1v) is 11.2. The molecule has 0 aliphatic carbocycles. The van der Waals surface area contributed by atoms with Crippen molar-refractivity contribution >= 4 is 52.1 Å². The molecule has 172 valence electrons. The number of thiazole rings is 1. The van der Waals surface area contributed by atoms with Gasteiger partial charge < -0.3 is 25.5 Å². The molecule has 0 saturated carbocycles. The van der Waals surface area contributed by atoms with Crippen LogP contribution >= 0.6 is 35.3 Å². The third kappa shape index (κ3) is 7.46. The van der Waals surface area contributed by atoms with Crippen LogP contribution in [0.1, 0.15) is 31.0 Å². The van der Waals surface area contributed by atoms with Crippen LogP contribution in [0.4, 0.5) is 15.2 Å². The van der Waals surface area contributed by atoms with E-state index in [1.54, 1.807) is 17.4 Å². The summed E-state index contributed by atoms with van der Waals surface area (Å²) in [6.07, 6.45) is 1.09. The van der Waals surface area contributed by atoms with Crippen molar-refractivity contribution in [3.8, 4) is 0 Å². The monoisotopic (exact) mass is 562 g/mol. The molecule has 2 aromatic rings. The van der Waals surface area contributed by atoms with Gasteiger partial charge in [0.1, 0.15) is 5.82 Å². The molecule has 1 aromatic carbocycles. The first-order valence-electron chi connectivity index (χ1n) is 10.3. The number of aliphatic hydroxyl groups excluding tert-OH is 1. The Bertz CT molecular complexity index is 854. The third-order valence-corrected chi connectivity index (χ3v) is 6.00. The highest BCUT2D eigenvalue weighted by atomic mass is 127. The van der Waals surface area contributed by atoms with Gasteiger partial charge in [0.2, 0.25) is 0 Å². The van der Waals surface area contributed by atoms with Gasteiger partial charge in [0.25, 0.3) is 0 Å². The lowest BCUT2D eigenvalue weighted by molar-refractivity contribution is 0.145. The number of aromatic nitrogens is 1. The standard InChI is InChI=1S/C21H31FN6OS.HI/c1-4-23-20(25-13-16-14-30-21(26-16)27(2)3)24-12-15-5-6-19(18(22)11-15)28-9-7-17(29)8-10-28;/h5-6,11,14,17,29H,4,7-10,12-13H2,1-3H3,(H2,23,24,25);1H. The molecule has 10 heteroatoms. The SMILES string of the molecule is CCNC(=NCc1ccc(N2CCC(O)CC2)c(F)c1)NCc1csc(N(C)C)n1.I. The highest BCUT2D eigenvalue weighted by molar-refractivity contribution is 14.0. The van der Waals surface area contributed by atoms with E-state index in [1.807, 2.05) is 48.3 Å². The van der Waals surface area contributed by atoms with E-state index in [4.69, 9.17) is 0 Å². The summed E-state index contributed by atoms with van der Waals surface area (Å²) in [5.74, 6) is 0.433. The van der Waals surface area contributed by atoms with E-state index in [1.165, 1.54) is 0 Å². The second-order valence-electron chi connectivity index (χ2n) is 7.57. The molecule has 1 aromatic heterocycles. The van der Waals surface area contributed by atoms with Crippen molar-refractivity contribution in [2.75, 3.05) is 43.5 Å². The maximum Gasteiger partial charge on any atom is 0.191 e. The summed E-state index contributed by atoms with van der Waals surface area (Å²) in [7, 11) is 3.95. The van der Waals surface area contributed by atoms with Gasteiger partial charge >= 0.3 is 0 Å². The third-order valence-electron chi connectivity index (χ3n) is 4.94. The quantitative estimate of drug-likeness (QED) is 0.274. The number of halogens is 2. The lowest BCUT2D eigenvalue weighted by Gasteiger charge is -2.31. The van der Waals surface area contributed by atoms with Crippen LogP contribution in [0.25, 0.3) is 0 Å². The van der Waals surface area contributed by atoms with E-state index in [0.717, 1.165) is 22.9 Å². The van der Waals surface area contributed by atoms with Gasteiger partial charge in [0.15, 0.2) is 11.1 Å². The summed E-state index contributed by atoms with van der Waals surface area (Å²) in [5.41, 5.74) is 2.37. The minimum Gasteiger partial charge on any atom is -0.393 e. The molecular formula is C21H32FIN6OS. The van der Waals surface area contributed by atoms with Gasteiger partial charge in [-0.3, -0.25) is 0 Å². The summed E-state index contributed by atoms with van der Waals surface area (Å²) in [6.45, 7) is 5.05. The highest BCUT2D eigenvalue weighted by Crippen LogP contribution is 2.24. The molecule has 0 radical (unpaired) electrons. The number of guanidine groups is 1. The molecule has 1 fully saturated rings. The van der Waals surface area contributed by atoms with Gasteiger partial charge in [-0.05, 0) is 37.5 Å². The molecule has 0 amide bonds. The Morgan fingerprint density at radius 2 is 2.06 bits per heavy atom. The lowest BCUT2D eigenvalue weighted by atomic mass is 10.1. The first-order chi connectivity index (χ1) is 14.5. The molecule has 1 aliphatic heterocycles. The van der Waals surface area contributed by atoms with E-state index in [0.29, 0.717) is 50.7 Å². The number of benzene rings is 1. The average molecular weight is 562 g/mol. The number of hydrogen-bond acceptors (Lipinski definition) is 6. The molecule has 2 heterocycles. The predicted molar refractivity (Wildman–Crippen MR) is 137 cm³/mol. The molecule has 7 nitrogen and oxygen atoms in total. The fourth-order valence-corrected chi connectivity index (χ4v) is 4.04. The van der Waals surface area contributed by atoms with Crippen molar-refractivity contribution in [3.63, 3.8) is 0 Å². The van der Waals surface area contributed by atoms with Crippen molar-refractivity contribution in [3.05, 3.63) is 40.7 Å². The minimum atomic E-state index is -0.270. The Morgan fingerprint density at radius 3 is 2.68 bits per heavy atom. The number of nitrogens with zero attached hydrogens (tertiary/aromatic N) is 4. The fraction of sp³-hybridized carbons (Fsp3) is 0.524. The van der Waals surface area contributed by atoms with Crippen LogP contribution in [0.2, 0.25) is 0 Å². The predicted octanol–water partition coefficient (Wildman–Crippen LogP) is 3.18. The summed E-state index contributed by atoms with van der Waals surface area (Å²) in [6, 6.07) is 5.29. The van der Waals surface area contributed by atoms with E-state index >= 15 is 0 Å². The molecular weight excluding hydrogens is 530 g/mol. The van der Waals surface area contributed by atoms with Crippen LogP contribution in [0, 0.1) is 5.82 Å². The molecule has 1 saturated heterocycles. The molecule has 1 aliphatic rings. The number of nitrogens with one attached hydrogen (secondary N) is 2. The fourth-order valence-electron chi connectivity index (χ4n) is 3.28. The zero-order valence-electron chi connectivity index (χ0n) is 18.3. The van der Waals surface area contributed by atoms with Gasteiger partial charge in [-0.15, -0.1) is 35.3 Å². The van der Waals surface area contributed by atoms with Crippen LogP contribution < -0.4 is 20.4 Å². The van der Waals surface area contributed by atoms with Crippen LogP contribution in [0.5, 0.6) is 0 Å². The van der Waals surface area contributed by atoms with Crippen molar-refractivity contribution in [2.45, 2.75) is 39.0 Å². The van der Waals surface area contributed by atoms with Crippen LogP contribution in [-0.4, -0.2) is 55.9 Å². The highest BCUT2D eigenvalue weighted by Gasteiger charge is 2.19. The van der Waals surface area contributed by atoms with Crippen molar-refractivity contribution in [1.82, 2.24) is 15.6 Å². The molecule has 0 unspecified atom stereocenters. The Hall–Kier alpha value is -1.66. The van der Waals surface area contributed by atoms with Gasteiger partial charge in [0, 0.05) is 39.1 Å². The Kier molecular flexibility index (Phi) is 10.2. The Morgan fingerprint density at radius 1 is 1.32 bits per heavy atom. The summed E-state index contributed by atoms with van der Waals surface area (Å²) >= 11 is 1.60. The van der Waals surface area contributed by atoms with E-state index in [9.17, 15) is 9.50 Å². The number of rotatable bonds is 7. The molecule has 0 spiro atoms.